The van der Waals surface area contributed by atoms with Crippen LogP contribution < -0.4 is 5.32 Å². The van der Waals surface area contributed by atoms with Gasteiger partial charge in [-0.2, -0.15) is 0 Å². The molecule has 0 aromatic carbocycles. The molecule has 0 aromatic heterocycles. The van der Waals surface area contributed by atoms with Crippen molar-refractivity contribution in [3.8, 4) is 0 Å². The van der Waals surface area contributed by atoms with Crippen LogP contribution in [-0.2, 0) is 9.53 Å². The number of piperazine rings is 1. The molecule has 3 rings (SSSR count). The van der Waals surface area contributed by atoms with Crippen molar-refractivity contribution >= 4 is 12.4 Å². The van der Waals surface area contributed by atoms with Crippen LogP contribution in [0, 0.1) is 0 Å². The van der Waals surface area contributed by atoms with Crippen LogP contribution in [0.15, 0.2) is 35.5 Å². The van der Waals surface area contributed by atoms with Gasteiger partial charge in [-0.05, 0) is 38.3 Å². The summed E-state index contributed by atoms with van der Waals surface area (Å²) in [5.74, 6) is 0. The van der Waals surface area contributed by atoms with E-state index in [9.17, 15) is 9.59 Å². The number of allylic oxidation sites excluding steroid dienone is 6. The quantitative estimate of drug-likeness (QED) is 0.755. The average Bonchev–Trinajstić information content (AvgIpc) is 3.11. The highest BCUT2D eigenvalue weighted by Crippen LogP contribution is 2.27. The van der Waals surface area contributed by atoms with Crippen molar-refractivity contribution in [2.75, 3.05) is 19.6 Å². The molecule has 120 valence electrons. The van der Waals surface area contributed by atoms with Gasteiger partial charge in [-0.3, -0.25) is 0 Å². The Morgan fingerprint density at radius 3 is 2.36 bits per heavy atom. The molecule has 2 aliphatic carbocycles. The first-order chi connectivity index (χ1) is 10.4. The molecule has 1 amide bonds. The van der Waals surface area contributed by atoms with E-state index >= 15 is 0 Å². The molecule has 0 radical (unpaired) electrons. The molecule has 1 heterocycles. The predicted molar refractivity (Wildman–Crippen MR) is 85.6 cm³/mol. The third-order valence-corrected chi connectivity index (χ3v) is 3.45. The maximum Gasteiger partial charge on any atom is 0.410 e. The molecule has 0 saturated carbocycles. The van der Waals surface area contributed by atoms with Crippen molar-refractivity contribution in [2.45, 2.75) is 38.8 Å². The lowest BCUT2D eigenvalue weighted by Gasteiger charge is -2.32. The number of nitrogens with one attached hydrogen (secondary N) is 1. The molecule has 0 aromatic rings. The van der Waals surface area contributed by atoms with Crippen LogP contribution in [0.5, 0.6) is 0 Å². The topological polar surface area (TPSA) is 58.6 Å². The highest BCUT2D eigenvalue weighted by molar-refractivity contribution is 5.70. The minimum atomic E-state index is -0.487. The van der Waals surface area contributed by atoms with E-state index in [4.69, 9.17) is 4.74 Å². The molecule has 1 N–H and O–H groups in total. The van der Waals surface area contributed by atoms with Gasteiger partial charge in [0, 0.05) is 19.6 Å². The lowest BCUT2D eigenvalue weighted by atomic mass is 10.2. The average molecular weight is 304 g/mol. The van der Waals surface area contributed by atoms with E-state index in [1.807, 2.05) is 20.8 Å². The van der Waals surface area contributed by atoms with Gasteiger partial charge in [0.1, 0.15) is 11.9 Å². The summed E-state index contributed by atoms with van der Waals surface area (Å²) in [4.78, 5) is 23.8. The van der Waals surface area contributed by atoms with Gasteiger partial charge in [0.25, 0.3) is 0 Å². The van der Waals surface area contributed by atoms with Crippen LogP contribution in [-0.4, -0.2) is 48.6 Å². The van der Waals surface area contributed by atoms with E-state index in [0.29, 0.717) is 19.6 Å². The van der Waals surface area contributed by atoms with E-state index in [1.54, 1.807) is 4.90 Å². The zero-order valence-corrected chi connectivity index (χ0v) is 13.5. The number of rotatable bonds is 1. The van der Waals surface area contributed by atoms with Crippen LogP contribution in [0.3, 0.4) is 0 Å². The second kappa shape index (κ2) is 6.92. The Labute approximate surface area is 131 Å². The molecule has 1 aliphatic heterocycles. The van der Waals surface area contributed by atoms with Gasteiger partial charge in [-0.25, -0.2) is 4.79 Å². The summed E-state index contributed by atoms with van der Waals surface area (Å²) in [5.41, 5.74) is 2.45. The maximum absolute atomic E-state index is 11.6. The van der Waals surface area contributed by atoms with E-state index in [1.165, 1.54) is 17.6 Å². The van der Waals surface area contributed by atoms with Crippen molar-refractivity contribution in [3.05, 3.63) is 35.5 Å². The third-order valence-electron chi connectivity index (χ3n) is 3.45. The number of carbonyl (C=O) groups excluding carboxylic acids is 2. The molecule has 0 spiro atoms. The summed E-state index contributed by atoms with van der Waals surface area (Å²) >= 11 is 0. The number of carbonyl (C=O) groups is 2. The standard InChI is InChI=1S/C10H18N2O3.C7H6/c1-10(2,3)15-9(14)12-5-4-11-8(6-12)7-13;1-2-7-4-3-6(1)5-7/h7-8,11H,4-6H2,1-3H3;1-4H,5H2. The third kappa shape index (κ3) is 4.84. The molecule has 1 atom stereocenters. The van der Waals surface area contributed by atoms with Crippen molar-refractivity contribution in [2.24, 2.45) is 0 Å². The highest BCUT2D eigenvalue weighted by Gasteiger charge is 2.26. The van der Waals surface area contributed by atoms with Crippen LogP contribution >= 0.6 is 0 Å². The molecule has 5 heteroatoms. The van der Waals surface area contributed by atoms with Gasteiger partial charge >= 0.3 is 6.09 Å². The number of hydrogen-bond donors (Lipinski definition) is 1. The molecule has 5 nitrogen and oxygen atoms in total. The predicted octanol–water partition coefficient (Wildman–Crippen LogP) is 2.21. The number of hydrogen-bond acceptors (Lipinski definition) is 4. The van der Waals surface area contributed by atoms with Gasteiger partial charge in [-0.1, -0.05) is 24.3 Å². The Morgan fingerprint density at radius 1 is 1.32 bits per heavy atom. The van der Waals surface area contributed by atoms with Crippen molar-refractivity contribution < 1.29 is 14.3 Å². The molecular formula is C17H24N2O3. The minimum absolute atomic E-state index is 0.272. The smallest absolute Gasteiger partial charge is 0.410 e. The summed E-state index contributed by atoms with van der Waals surface area (Å²) in [6.45, 7) is 7.07. The van der Waals surface area contributed by atoms with Crippen molar-refractivity contribution in [1.82, 2.24) is 10.2 Å². The molecule has 1 saturated heterocycles. The lowest BCUT2D eigenvalue weighted by Crippen LogP contribution is -2.54. The van der Waals surface area contributed by atoms with Crippen LogP contribution in [0.2, 0.25) is 0 Å². The Bertz CT molecular complexity index is 507. The largest absolute Gasteiger partial charge is 0.444 e. The SMILES string of the molecule is C1=CC2=CC=C1C2.CC(C)(C)OC(=O)N1CCNC(C=O)C1. The Morgan fingerprint density at radius 2 is 1.95 bits per heavy atom. The molecule has 22 heavy (non-hydrogen) atoms. The second-order valence-electron chi connectivity index (χ2n) is 6.62. The number of amides is 1. The van der Waals surface area contributed by atoms with Crippen molar-refractivity contribution in [1.29, 1.82) is 0 Å². The van der Waals surface area contributed by atoms with E-state index in [-0.39, 0.29) is 12.1 Å². The van der Waals surface area contributed by atoms with Gasteiger partial charge < -0.3 is 19.7 Å². The van der Waals surface area contributed by atoms with Gasteiger partial charge in [0.2, 0.25) is 0 Å². The molecular weight excluding hydrogens is 280 g/mol. The van der Waals surface area contributed by atoms with E-state index in [2.05, 4.69) is 29.6 Å². The first kappa shape index (κ1) is 16.5. The fourth-order valence-corrected chi connectivity index (χ4v) is 2.37. The first-order valence-electron chi connectivity index (χ1n) is 7.62. The van der Waals surface area contributed by atoms with Crippen LogP contribution in [0.4, 0.5) is 4.79 Å². The Hall–Kier alpha value is -1.88. The number of fused-ring (bicyclic) bond motifs is 2. The van der Waals surface area contributed by atoms with Gasteiger partial charge in [-0.15, -0.1) is 0 Å². The maximum atomic E-state index is 11.6. The number of ether oxygens (including phenoxy) is 1. The van der Waals surface area contributed by atoms with Gasteiger partial charge in [0.05, 0.1) is 6.04 Å². The Kier molecular flexibility index (Phi) is 5.19. The molecule has 1 fully saturated rings. The van der Waals surface area contributed by atoms with E-state index in [0.717, 1.165) is 6.29 Å². The summed E-state index contributed by atoms with van der Waals surface area (Å²) in [6.07, 6.45) is 10.4. The van der Waals surface area contributed by atoms with Crippen LogP contribution in [0.1, 0.15) is 27.2 Å². The normalized spacial score (nSPS) is 22.5. The minimum Gasteiger partial charge on any atom is -0.444 e. The lowest BCUT2D eigenvalue weighted by molar-refractivity contribution is -0.110. The number of aldehydes is 1. The van der Waals surface area contributed by atoms with E-state index < -0.39 is 5.60 Å². The molecule has 2 bridgehead atoms. The molecule has 1 unspecified atom stereocenters. The summed E-state index contributed by atoms with van der Waals surface area (Å²) in [7, 11) is 0. The second-order valence-corrected chi connectivity index (χ2v) is 6.62. The summed E-state index contributed by atoms with van der Waals surface area (Å²) < 4.78 is 5.21. The zero-order valence-electron chi connectivity index (χ0n) is 13.5. The summed E-state index contributed by atoms with van der Waals surface area (Å²) in [5, 5.41) is 3.00. The zero-order chi connectivity index (χ0) is 16.2. The fourth-order valence-electron chi connectivity index (χ4n) is 2.37. The highest BCUT2D eigenvalue weighted by atomic mass is 16.6. The Balaban J connectivity index is 0.000000205. The van der Waals surface area contributed by atoms with Crippen molar-refractivity contribution in [3.63, 3.8) is 0 Å². The van der Waals surface area contributed by atoms with Gasteiger partial charge in [0.15, 0.2) is 0 Å². The van der Waals surface area contributed by atoms with Crippen LogP contribution in [0.25, 0.3) is 0 Å². The monoisotopic (exact) mass is 304 g/mol. The first-order valence-corrected chi connectivity index (χ1v) is 7.62. The number of nitrogens with zero attached hydrogens (tertiary/aromatic N) is 1. The fraction of sp³-hybridized carbons (Fsp3) is 0.529. The molecule has 3 aliphatic rings. The summed E-state index contributed by atoms with van der Waals surface area (Å²) in [6, 6.07) is -0.272.